The van der Waals surface area contributed by atoms with E-state index in [1.54, 1.807) is 18.2 Å². The molecule has 0 unspecified atom stereocenters. The van der Waals surface area contributed by atoms with Gasteiger partial charge in [0.25, 0.3) is 5.97 Å². The molecule has 156 valence electrons. The van der Waals surface area contributed by atoms with Gasteiger partial charge in [0.15, 0.2) is 5.82 Å². The molecule has 0 amide bonds. The molecule has 4 aromatic heterocycles. The number of aliphatic carboxylic acids is 1. The Hall–Kier alpha value is -3.92. The molecule has 0 atom stereocenters. The second kappa shape index (κ2) is 8.44. The number of thiazole rings is 1. The molecule has 4 heterocycles. The molecule has 5 rings (SSSR count). The number of pyridine rings is 1. The van der Waals surface area contributed by atoms with Gasteiger partial charge in [-0.1, -0.05) is 18.2 Å². The summed E-state index contributed by atoms with van der Waals surface area (Å²) < 4.78 is 16.3. The Morgan fingerprint density at radius 3 is 2.65 bits per heavy atom. The molecule has 1 aromatic carbocycles. The maximum atomic E-state index is 14.5. The van der Waals surface area contributed by atoms with Crippen molar-refractivity contribution in [2.75, 3.05) is 0 Å². The normalized spacial score (nSPS) is 10.7. The smallest absolute Gasteiger partial charge is 0.300 e. The third-order valence-electron chi connectivity index (χ3n) is 4.32. The fraction of sp³-hybridized carbons (Fsp3) is 0.0952. The first-order valence-electron chi connectivity index (χ1n) is 9.21. The molecule has 0 aliphatic heterocycles. The maximum absolute atomic E-state index is 14.5. The highest BCUT2D eigenvalue weighted by atomic mass is 32.1. The van der Waals surface area contributed by atoms with Gasteiger partial charge < -0.3 is 5.11 Å². The SMILES string of the molecule is CC(=O)O.Cc1nn2ccccc2c1-c1nc(-c2ccccc2F)c(-c2ncn[nH]2)s1. The van der Waals surface area contributed by atoms with E-state index < -0.39 is 5.97 Å². The Morgan fingerprint density at radius 1 is 1.19 bits per heavy atom. The number of benzene rings is 1. The van der Waals surface area contributed by atoms with Crippen LogP contribution in [0, 0.1) is 12.7 Å². The van der Waals surface area contributed by atoms with Crippen molar-refractivity contribution in [1.29, 1.82) is 0 Å². The van der Waals surface area contributed by atoms with Gasteiger partial charge in [-0.25, -0.2) is 18.9 Å². The van der Waals surface area contributed by atoms with Gasteiger partial charge in [-0.2, -0.15) is 10.2 Å². The number of fused-ring (bicyclic) bond motifs is 1. The highest BCUT2D eigenvalue weighted by Gasteiger charge is 2.23. The first-order chi connectivity index (χ1) is 15.0. The predicted octanol–water partition coefficient (Wildman–Crippen LogP) is 4.45. The summed E-state index contributed by atoms with van der Waals surface area (Å²) in [5.41, 5.74) is 3.72. The van der Waals surface area contributed by atoms with Crippen LogP contribution in [-0.4, -0.2) is 40.9 Å². The minimum absolute atomic E-state index is 0.327. The van der Waals surface area contributed by atoms with Crippen molar-refractivity contribution in [1.82, 2.24) is 29.8 Å². The largest absolute Gasteiger partial charge is 0.481 e. The van der Waals surface area contributed by atoms with E-state index in [1.807, 2.05) is 35.8 Å². The number of carbonyl (C=O) groups is 1. The zero-order valence-corrected chi connectivity index (χ0v) is 17.4. The standard InChI is InChI=1S/C19H13FN6S.C2H4O2/c1-11-15(14-8-4-5-9-26(14)25-11)19-23-16(12-6-2-3-7-13(12)20)17(27-19)18-21-10-22-24-18;1-2(3)4/h2-10H,1H3,(H,21,22,24);1H3,(H,3,4). The van der Waals surface area contributed by atoms with Gasteiger partial charge in [0, 0.05) is 18.7 Å². The second-order valence-corrected chi connectivity index (χ2v) is 7.52. The molecule has 0 radical (unpaired) electrons. The monoisotopic (exact) mass is 436 g/mol. The van der Waals surface area contributed by atoms with Crippen molar-refractivity contribution in [2.24, 2.45) is 0 Å². The molecule has 0 spiro atoms. The van der Waals surface area contributed by atoms with E-state index in [9.17, 15) is 4.39 Å². The van der Waals surface area contributed by atoms with Crippen molar-refractivity contribution in [3.05, 3.63) is 66.5 Å². The molecule has 10 heteroatoms. The van der Waals surface area contributed by atoms with Crippen LogP contribution in [0.15, 0.2) is 55.0 Å². The fourth-order valence-electron chi connectivity index (χ4n) is 3.12. The Labute approximate surface area is 180 Å². The van der Waals surface area contributed by atoms with Crippen LogP contribution in [0.3, 0.4) is 0 Å². The van der Waals surface area contributed by atoms with Crippen LogP contribution in [0.25, 0.3) is 38.0 Å². The number of H-pyrrole nitrogens is 1. The third-order valence-corrected chi connectivity index (χ3v) is 5.39. The number of nitrogens with zero attached hydrogens (tertiary/aromatic N) is 5. The summed E-state index contributed by atoms with van der Waals surface area (Å²) in [7, 11) is 0. The molecule has 5 aromatic rings. The van der Waals surface area contributed by atoms with Crippen molar-refractivity contribution in [3.63, 3.8) is 0 Å². The summed E-state index contributed by atoms with van der Waals surface area (Å²) >= 11 is 1.44. The summed E-state index contributed by atoms with van der Waals surface area (Å²) in [5, 5.41) is 19.5. The zero-order valence-electron chi connectivity index (χ0n) is 16.6. The molecular formula is C21H17FN6O2S. The van der Waals surface area contributed by atoms with Crippen LogP contribution in [0.4, 0.5) is 4.39 Å². The van der Waals surface area contributed by atoms with Gasteiger partial charge in [-0.05, 0) is 31.2 Å². The molecule has 8 nitrogen and oxygen atoms in total. The Morgan fingerprint density at radius 2 is 1.94 bits per heavy atom. The van der Waals surface area contributed by atoms with Crippen molar-refractivity contribution in [2.45, 2.75) is 13.8 Å². The van der Waals surface area contributed by atoms with Gasteiger partial charge in [0.1, 0.15) is 17.2 Å². The van der Waals surface area contributed by atoms with Crippen molar-refractivity contribution >= 4 is 22.8 Å². The first-order valence-corrected chi connectivity index (χ1v) is 10.0. The van der Waals surface area contributed by atoms with E-state index in [1.165, 1.54) is 23.7 Å². The molecule has 0 bridgehead atoms. The molecule has 0 aliphatic carbocycles. The minimum atomic E-state index is -0.833. The van der Waals surface area contributed by atoms with E-state index in [4.69, 9.17) is 14.9 Å². The van der Waals surface area contributed by atoms with Crippen LogP contribution in [0.5, 0.6) is 0 Å². The van der Waals surface area contributed by atoms with Crippen LogP contribution in [0.1, 0.15) is 12.6 Å². The number of rotatable bonds is 3. The number of hydrogen-bond acceptors (Lipinski definition) is 6. The number of aromatic amines is 1. The Kier molecular flexibility index (Phi) is 5.54. The molecule has 0 fully saturated rings. The summed E-state index contributed by atoms with van der Waals surface area (Å²) in [6.07, 6.45) is 3.33. The van der Waals surface area contributed by atoms with Gasteiger partial charge >= 0.3 is 0 Å². The molecular weight excluding hydrogens is 419 g/mol. The summed E-state index contributed by atoms with van der Waals surface area (Å²) in [4.78, 5) is 18.8. The second-order valence-electron chi connectivity index (χ2n) is 6.52. The summed E-state index contributed by atoms with van der Waals surface area (Å²) in [5.74, 6) is -0.599. The van der Waals surface area contributed by atoms with Crippen molar-refractivity contribution in [3.8, 4) is 32.5 Å². The number of halogens is 1. The summed E-state index contributed by atoms with van der Waals surface area (Å²) in [6.45, 7) is 3.03. The van der Waals surface area contributed by atoms with Crippen LogP contribution < -0.4 is 0 Å². The van der Waals surface area contributed by atoms with Crippen LogP contribution >= 0.6 is 11.3 Å². The number of nitrogens with one attached hydrogen (secondary N) is 1. The van der Waals surface area contributed by atoms with Gasteiger partial charge in [-0.3, -0.25) is 9.89 Å². The number of aromatic nitrogens is 6. The lowest BCUT2D eigenvalue weighted by Gasteiger charge is -2.01. The first kappa shape index (κ1) is 20.4. The number of hydrogen-bond donors (Lipinski definition) is 2. The van der Waals surface area contributed by atoms with Gasteiger partial charge in [0.05, 0.1) is 27.3 Å². The maximum Gasteiger partial charge on any atom is 0.300 e. The molecule has 0 aliphatic rings. The van der Waals surface area contributed by atoms with E-state index in [2.05, 4.69) is 20.3 Å². The van der Waals surface area contributed by atoms with E-state index >= 15 is 0 Å². The highest BCUT2D eigenvalue weighted by Crippen LogP contribution is 2.41. The Bertz CT molecular complexity index is 1360. The molecule has 31 heavy (non-hydrogen) atoms. The third kappa shape index (κ3) is 4.05. The average Bonchev–Trinajstić information content (AvgIpc) is 3.45. The summed E-state index contributed by atoms with van der Waals surface area (Å²) in [6, 6.07) is 12.5. The Balaban J connectivity index is 0.000000535. The van der Waals surface area contributed by atoms with Gasteiger partial charge in [0.2, 0.25) is 0 Å². The molecule has 2 N–H and O–H groups in total. The highest BCUT2D eigenvalue weighted by molar-refractivity contribution is 7.19. The van der Waals surface area contributed by atoms with Crippen LogP contribution in [0.2, 0.25) is 0 Å². The number of aryl methyl sites for hydroxylation is 1. The lowest BCUT2D eigenvalue weighted by Crippen LogP contribution is -1.88. The fourth-order valence-corrected chi connectivity index (χ4v) is 4.25. The molecule has 0 saturated carbocycles. The van der Waals surface area contributed by atoms with E-state index in [0.717, 1.165) is 33.6 Å². The molecule has 0 saturated heterocycles. The average molecular weight is 436 g/mol. The quantitative estimate of drug-likeness (QED) is 0.433. The van der Waals surface area contributed by atoms with Crippen LogP contribution in [-0.2, 0) is 4.79 Å². The number of carboxylic acid groups (broad SMARTS) is 1. The lowest BCUT2D eigenvalue weighted by molar-refractivity contribution is -0.134. The topological polar surface area (TPSA) is 109 Å². The van der Waals surface area contributed by atoms with Crippen molar-refractivity contribution < 1.29 is 14.3 Å². The zero-order chi connectivity index (χ0) is 22.0. The lowest BCUT2D eigenvalue weighted by atomic mass is 10.1. The van der Waals surface area contributed by atoms with E-state index in [-0.39, 0.29) is 5.82 Å². The minimum Gasteiger partial charge on any atom is -0.481 e. The number of carboxylic acids is 1. The predicted molar refractivity (Wildman–Crippen MR) is 115 cm³/mol. The van der Waals surface area contributed by atoms with Gasteiger partial charge in [-0.15, -0.1) is 11.3 Å². The van der Waals surface area contributed by atoms with E-state index in [0.29, 0.717) is 17.1 Å².